The van der Waals surface area contributed by atoms with Gasteiger partial charge < -0.3 is 14.6 Å². The van der Waals surface area contributed by atoms with Crippen molar-refractivity contribution in [2.24, 2.45) is 5.92 Å². The number of rotatable bonds is 8. The standard InChI is InChI=1S/C17H29NO3/c1-12(2)10-18(13(3)4)11-16(19)15-9-14(20-5)7-8-17(15)21-6/h7-9,12-13,16,19H,10-11H2,1-6H3. The van der Waals surface area contributed by atoms with Gasteiger partial charge in [0, 0.05) is 24.7 Å². The van der Waals surface area contributed by atoms with Gasteiger partial charge in [0.25, 0.3) is 0 Å². The highest BCUT2D eigenvalue weighted by Crippen LogP contribution is 2.30. The molecule has 0 saturated heterocycles. The summed E-state index contributed by atoms with van der Waals surface area (Å²) in [5.41, 5.74) is 0.770. The zero-order valence-electron chi connectivity index (χ0n) is 14.1. The van der Waals surface area contributed by atoms with Crippen LogP contribution in [0.15, 0.2) is 18.2 Å². The Hall–Kier alpha value is -1.26. The highest BCUT2D eigenvalue weighted by atomic mass is 16.5. The van der Waals surface area contributed by atoms with Gasteiger partial charge in [-0.15, -0.1) is 0 Å². The van der Waals surface area contributed by atoms with Crippen molar-refractivity contribution < 1.29 is 14.6 Å². The number of hydrogen-bond donors (Lipinski definition) is 1. The lowest BCUT2D eigenvalue weighted by molar-refractivity contribution is 0.0858. The second kappa shape index (κ2) is 8.25. The smallest absolute Gasteiger partial charge is 0.124 e. The van der Waals surface area contributed by atoms with Crippen molar-refractivity contribution in [2.75, 3.05) is 27.3 Å². The normalized spacial score (nSPS) is 13.0. The van der Waals surface area contributed by atoms with Gasteiger partial charge in [-0.3, -0.25) is 4.90 Å². The van der Waals surface area contributed by atoms with Crippen LogP contribution in [0.1, 0.15) is 39.4 Å². The quantitative estimate of drug-likeness (QED) is 0.800. The third-order valence-electron chi connectivity index (χ3n) is 3.53. The van der Waals surface area contributed by atoms with Gasteiger partial charge in [-0.05, 0) is 38.0 Å². The number of nitrogens with zero attached hydrogens (tertiary/aromatic N) is 1. The molecule has 0 fully saturated rings. The van der Waals surface area contributed by atoms with Crippen LogP contribution in [0.5, 0.6) is 11.5 Å². The van der Waals surface area contributed by atoms with Gasteiger partial charge in [-0.2, -0.15) is 0 Å². The Morgan fingerprint density at radius 3 is 2.19 bits per heavy atom. The summed E-state index contributed by atoms with van der Waals surface area (Å²) in [6.45, 7) is 10.2. The van der Waals surface area contributed by atoms with Crippen molar-refractivity contribution in [3.8, 4) is 11.5 Å². The zero-order chi connectivity index (χ0) is 16.0. The molecule has 0 spiro atoms. The number of aliphatic hydroxyl groups is 1. The second-order valence-electron chi connectivity index (χ2n) is 6.07. The third kappa shape index (κ3) is 5.21. The van der Waals surface area contributed by atoms with Gasteiger partial charge in [0.05, 0.1) is 20.3 Å². The number of hydrogen-bond acceptors (Lipinski definition) is 4. The highest BCUT2D eigenvalue weighted by Gasteiger charge is 2.20. The number of aliphatic hydroxyl groups excluding tert-OH is 1. The van der Waals surface area contributed by atoms with Crippen molar-refractivity contribution in [1.29, 1.82) is 0 Å². The fourth-order valence-electron chi connectivity index (χ4n) is 2.39. The van der Waals surface area contributed by atoms with Crippen LogP contribution >= 0.6 is 0 Å². The van der Waals surface area contributed by atoms with Crippen molar-refractivity contribution in [3.63, 3.8) is 0 Å². The van der Waals surface area contributed by atoms with E-state index >= 15 is 0 Å². The highest BCUT2D eigenvalue weighted by molar-refractivity contribution is 5.41. The average molecular weight is 295 g/mol. The molecule has 1 atom stereocenters. The van der Waals surface area contributed by atoms with E-state index in [9.17, 15) is 5.11 Å². The average Bonchev–Trinajstić information content (AvgIpc) is 2.45. The summed E-state index contributed by atoms with van der Waals surface area (Å²) in [6, 6.07) is 5.90. The van der Waals surface area contributed by atoms with Gasteiger partial charge in [0.15, 0.2) is 0 Å². The number of benzene rings is 1. The van der Waals surface area contributed by atoms with E-state index in [1.807, 2.05) is 18.2 Å². The van der Waals surface area contributed by atoms with E-state index in [0.717, 1.165) is 17.9 Å². The number of ether oxygens (including phenoxy) is 2. The summed E-state index contributed by atoms with van der Waals surface area (Å²) in [5.74, 6) is 1.98. The Morgan fingerprint density at radius 1 is 1.05 bits per heavy atom. The largest absolute Gasteiger partial charge is 0.497 e. The fraction of sp³-hybridized carbons (Fsp3) is 0.647. The first-order valence-electron chi connectivity index (χ1n) is 7.53. The zero-order valence-corrected chi connectivity index (χ0v) is 14.1. The van der Waals surface area contributed by atoms with E-state index in [1.54, 1.807) is 14.2 Å². The lowest BCUT2D eigenvalue weighted by Crippen LogP contribution is -2.37. The van der Waals surface area contributed by atoms with Gasteiger partial charge in [0.1, 0.15) is 11.5 Å². The summed E-state index contributed by atoms with van der Waals surface area (Å²) >= 11 is 0. The molecule has 1 N–H and O–H groups in total. The molecule has 0 aromatic heterocycles. The maximum Gasteiger partial charge on any atom is 0.124 e. The van der Waals surface area contributed by atoms with Gasteiger partial charge in [-0.25, -0.2) is 0 Å². The lowest BCUT2D eigenvalue weighted by atomic mass is 10.1. The third-order valence-corrected chi connectivity index (χ3v) is 3.53. The Labute approximate surface area is 128 Å². The SMILES string of the molecule is COc1ccc(OC)c(C(O)CN(CC(C)C)C(C)C)c1. The number of methoxy groups -OCH3 is 2. The molecule has 0 bridgehead atoms. The van der Waals surface area contributed by atoms with Crippen LogP contribution in [0.3, 0.4) is 0 Å². The van der Waals surface area contributed by atoms with Crippen LogP contribution in [0.2, 0.25) is 0 Å². The molecule has 1 rings (SSSR count). The van der Waals surface area contributed by atoms with E-state index in [0.29, 0.717) is 24.3 Å². The molecule has 120 valence electrons. The summed E-state index contributed by atoms with van der Waals surface area (Å²) in [5, 5.41) is 10.6. The summed E-state index contributed by atoms with van der Waals surface area (Å²) in [7, 11) is 3.24. The summed E-state index contributed by atoms with van der Waals surface area (Å²) < 4.78 is 10.6. The molecular formula is C17H29NO3. The van der Waals surface area contributed by atoms with Gasteiger partial charge in [0.2, 0.25) is 0 Å². The molecule has 0 aliphatic heterocycles. The molecule has 1 unspecified atom stereocenters. The Kier molecular flexibility index (Phi) is 6.99. The van der Waals surface area contributed by atoms with E-state index in [4.69, 9.17) is 9.47 Å². The lowest BCUT2D eigenvalue weighted by Gasteiger charge is -2.30. The minimum absolute atomic E-state index is 0.388. The van der Waals surface area contributed by atoms with E-state index in [1.165, 1.54) is 0 Å². The van der Waals surface area contributed by atoms with Crippen LogP contribution in [0.25, 0.3) is 0 Å². The first-order chi connectivity index (χ1) is 9.88. The van der Waals surface area contributed by atoms with Crippen LogP contribution in [-0.2, 0) is 0 Å². The monoisotopic (exact) mass is 295 g/mol. The topological polar surface area (TPSA) is 41.9 Å². The van der Waals surface area contributed by atoms with Crippen molar-refractivity contribution in [1.82, 2.24) is 4.90 Å². The van der Waals surface area contributed by atoms with Crippen molar-refractivity contribution in [2.45, 2.75) is 39.8 Å². The van der Waals surface area contributed by atoms with E-state index in [2.05, 4.69) is 32.6 Å². The molecule has 0 saturated carbocycles. The molecular weight excluding hydrogens is 266 g/mol. The predicted molar refractivity (Wildman–Crippen MR) is 86.1 cm³/mol. The molecule has 1 aromatic carbocycles. The Morgan fingerprint density at radius 2 is 1.71 bits per heavy atom. The second-order valence-corrected chi connectivity index (χ2v) is 6.07. The molecule has 0 heterocycles. The minimum atomic E-state index is -0.601. The molecule has 1 aromatic rings. The van der Waals surface area contributed by atoms with Crippen LogP contribution in [-0.4, -0.2) is 43.4 Å². The molecule has 0 amide bonds. The van der Waals surface area contributed by atoms with E-state index < -0.39 is 6.10 Å². The Bertz CT molecular complexity index is 432. The fourth-order valence-corrected chi connectivity index (χ4v) is 2.39. The molecule has 0 aliphatic carbocycles. The maximum absolute atomic E-state index is 10.6. The van der Waals surface area contributed by atoms with Crippen LogP contribution < -0.4 is 9.47 Å². The van der Waals surface area contributed by atoms with Gasteiger partial charge >= 0.3 is 0 Å². The summed E-state index contributed by atoms with van der Waals surface area (Å²) in [4.78, 5) is 2.29. The van der Waals surface area contributed by atoms with Crippen molar-refractivity contribution >= 4 is 0 Å². The maximum atomic E-state index is 10.6. The van der Waals surface area contributed by atoms with Crippen LogP contribution in [0, 0.1) is 5.92 Å². The predicted octanol–water partition coefficient (Wildman–Crippen LogP) is 3.10. The summed E-state index contributed by atoms with van der Waals surface area (Å²) in [6.07, 6.45) is -0.601. The minimum Gasteiger partial charge on any atom is -0.497 e. The van der Waals surface area contributed by atoms with Gasteiger partial charge in [-0.1, -0.05) is 13.8 Å². The van der Waals surface area contributed by atoms with E-state index in [-0.39, 0.29) is 0 Å². The van der Waals surface area contributed by atoms with Crippen molar-refractivity contribution in [3.05, 3.63) is 23.8 Å². The van der Waals surface area contributed by atoms with Crippen LogP contribution in [0.4, 0.5) is 0 Å². The molecule has 4 nitrogen and oxygen atoms in total. The molecule has 4 heteroatoms. The first kappa shape index (κ1) is 17.8. The molecule has 21 heavy (non-hydrogen) atoms. The Balaban J connectivity index is 2.92. The first-order valence-corrected chi connectivity index (χ1v) is 7.53. The molecule has 0 aliphatic rings. The molecule has 0 radical (unpaired) electrons.